The van der Waals surface area contributed by atoms with Gasteiger partial charge in [-0.15, -0.1) is 11.3 Å². The minimum absolute atomic E-state index is 0.124. The van der Waals surface area contributed by atoms with Gasteiger partial charge in [0.05, 0.1) is 11.4 Å². The molecule has 3 aromatic rings. The Morgan fingerprint density at radius 3 is 2.65 bits per heavy atom. The van der Waals surface area contributed by atoms with E-state index in [2.05, 4.69) is 10.3 Å². The lowest BCUT2D eigenvalue weighted by molar-refractivity contribution is -0.114. The topological polar surface area (TPSA) is 51.2 Å². The van der Waals surface area contributed by atoms with Crippen LogP contribution in [0.1, 0.15) is 12.6 Å². The van der Waals surface area contributed by atoms with Crippen LogP contribution in [0.3, 0.4) is 0 Å². The molecule has 0 aliphatic carbocycles. The molecular formula is C18H16N2O2S. The number of rotatable bonds is 5. The van der Waals surface area contributed by atoms with Gasteiger partial charge in [-0.3, -0.25) is 4.79 Å². The Morgan fingerprint density at radius 1 is 1.13 bits per heavy atom. The van der Waals surface area contributed by atoms with Gasteiger partial charge in [-0.2, -0.15) is 0 Å². The number of carbonyl (C=O) groups excluding carboxylic acids is 1. The van der Waals surface area contributed by atoms with E-state index in [-0.39, 0.29) is 5.91 Å². The van der Waals surface area contributed by atoms with Crippen molar-refractivity contribution < 1.29 is 9.53 Å². The van der Waals surface area contributed by atoms with E-state index >= 15 is 0 Å². The number of anilines is 1. The van der Waals surface area contributed by atoms with Crippen LogP contribution in [0.2, 0.25) is 0 Å². The largest absolute Gasteiger partial charge is 0.485 e. The second-order valence-corrected chi connectivity index (χ2v) is 5.83. The quantitative estimate of drug-likeness (QED) is 0.759. The van der Waals surface area contributed by atoms with Crippen LogP contribution in [0.5, 0.6) is 5.75 Å². The Kier molecular flexibility index (Phi) is 4.68. The van der Waals surface area contributed by atoms with Crippen LogP contribution in [-0.4, -0.2) is 10.9 Å². The molecule has 5 heteroatoms. The SMILES string of the molecule is CC(=O)Nc1ccccc1OCc1csc(-c2ccccc2)n1. The summed E-state index contributed by atoms with van der Waals surface area (Å²) in [6, 6.07) is 17.4. The van der Waals surface area contributed by atoms with E-state index in [9.17, 15) is 4.79 Å². The lowest BCUT2D eigenvalue weighted by atomic mass is 10.2. The van der Waals surface area contributed by atoms with Crippen LogP contribution in [-0.2, 0) is 11.4 Å². The van der Waals surface area contributed by atoms with Gasteiger partial charge < -0.3 is 10.1 Å². The Morgan fingerprint density at radius 2 is 1.87 bits per heavy atom. The zero-order chi connectivity index (χ0) is 16.1. The number of nitrogens with zero attached hydrogens (tertiary/aromatic N) is 1. The van der Waals surface area contributed by atoms with Gasteiger partial charge in [0.25, 0.3) is 0 Å². The fraction of sp³-hybridized carbons (Fsp3) is 0.111. The third-order valence-corrected chi connectivity index (χ3v) is 4.09. The minimum atomic E-state index is -0.124. The average Bonchev–Trinajstić information content (AvgIpc) is 3.03. The Labute approximate surface area is 138 Å². The summed E-state index contributed by atoms with van der Waals surface area (Å²) in [5.41, 5.74) is 2.63. The first-order chi connectivity index (χ1) is 11.2. The summed E-state index contributed by atoms with van der Waals surface area (Å²) >= 11 is 1.59. The first-order valence-electron chi connectivity index (χ1n) is 7.21. The zero-order valence-electron chi connectivity index (χ0n) is 12.7. The first-order valence-corrected chi connectivity index (χ1v) is 8.09. The molecule has 0 radical (unpaired) electrons. The van der Waals surface area contributed by atoms with E-state index in [4.69, 9.17) is 4.74 Å². The number of thiazole rings is 1. The Hall–Kier alpha value is -2.66. The molecule has 0 unspecified atom stereocenters. The van der Waals surface area contributed by atoms with Crippen LogP contribution in [0.15, 0.2) is 60.0 Å². The lowest BCUT2D eigenvalue weighted by Crippen LogP contribution is -2.07. The Balaban J connectivity index is 1.70. The standard InChI is InChI=1S/C18H16N2O2S/c1-13(21)19-16-9-5-6-10-17(16)22-11-15-12-23-18(20-15)14-7-3-2-4-8-14/h2-10,12H,11H2,1H3,(H,19,21). The summed E-state index contributed by atoms with van der Waals surface area (Å²) < 4.78 is 5.80. The second kappa shape index (κ2) is 7.07. The van der Waals surface area contributed by atoms with Gasteiger partial charge in [0, 0.05) is 17.9 Å². The molecule has 0 atom stereocenters. The molecule has 0 saturated heterocycles. The predicted molar refractivity (Wildman–Crippen MR) is 92.6 cm³/mol. The van der Waals surface area contributed by atoms with Gasteiger partial charge in [0.15, 0.2) is 0 Å². The number of benzene rings is 2. The summed E-state index contributed by atoms with van der Waals surface area (Å²) in [6.07, 6.45) is 0. The van der Waals surface area contributed by atoms with Gasteiger partial charge in [0.2, 0.25) is 5.91 Å². The molecule has 0 spiro atoms. The summed E-state index contributed by atoms with van der Waals surface area (Å²) in [5, 5.41) is 5.72. The van der Waals surface area contributed by atoms with Crippen LogP contribution in [0.25, 0.3) is 10.6 Å². The molecule has 0 fully saturated rings. The molecule has 1 N–H and O–H groups in total. The molecule has 0 aliphatic heterocycles. The van der Waals surface area contributed by atoms with Crippen molar-refractivity contribution in [1.29, 1.82) is 0 Å². The maximum absolute atomic E-state index is 11.2. The van der Waals surface area contributed by atoms with Gasteiger partial charge in [-0.1, -0.05) is 42.5 Å². The van der Waals surface area contributed by atoms with E-state index in [1.165, 1.54) is 6.92 Å². The third-order valence-electron chi connectivity index (χ3n) is 3.15. The lowest BCUT2D eigenvalue weighted by Gasteiger charge is -2.10. The van der Waals surface area contributed by atoms with E-state index in [1.54, 1.807) is 11.3 Å². The maximum Gasteiger partial charge on any atom is 0.221 e. The third kappa shape index (κ3) is 3.96. The van der Waals surface area contributed by atoms with Crippen LogP contribution < -0.4 is 10.1 Å². The van der Waals surface area contributed by atoms with Crippen LogP contribution in [0.4, 0.5) is 5.69 Å². The van der Waals surface area contributed by atoms with Crippen molar-refractivity contribution in [1.82, 2.24) is 4.98 Å². The van der Waals surface area contributed by atoms with E-state index < -0.39 is 0 Å². The molecule has 116 valence electrons. The van der Waals surface area contributed by atoms with Crippen molar-refractivity contribution in [3.05, 3.63) is 65.7 Å². The smallest absolute Gasteiger partial charge is 0.221 e. The van der Waals surface area contributed by atoms with Crippen LogP contribution >= 0.6 is 11.3 Å². The number of aromatic nitrogens is 1. The van der Waals surface area contributed by atoms with Crippen LogP contribution in [0, 0.1) is 0 Å². The second-order valence-electron chi connectivity index (χ2n) is 4.98. The normalized spacial score (nSPS) is 10.3. The zero-order valence-corrected chi connectivity index (χ0v) is 13.5. The number of hydrogen-bond acceptors (Lipinski definition) is 4. The molecule has 1 aromatic heterocycles. The molecule has 2 aromatic carbocycles. The fourth-order valence-electron chi connectivity index (χ4n) is 2.12. The maximum atomic E-state index is 11.2. The molecule has 3 rings (SSSR count). The van der Waals surface area contributed by atoms with E-state index in [0.717, 1.165) is 16.3 Å². The molecule has 1 amide bonds. The van der Waals surface area contributed by atoms with E-state index in [1.807, 2.05) is 60.0 Å². The number of para-hydroxylation sites is 2. The number of carbonyl (C=O) groups is 1. The van der Waals surface area contributed by atoms with Gasteiger partial charge in [-0.25, -0.2) is 4.98 Å². The average molecular weight is 324 g/mol. The molecular weight excluding hydrogens is 308 g/mol. The van der Waals surface area contributed by atoms with Crippen molar-refractivity contribution in [2.75, 3.05) is 5.32 Å². The first kappa shape index (κ1) is 15.2. The highest BCUT2D eigenvalue weighted by Gasteiger charge is 2.08. The van der Waals surface area contributed by atoms with Gasteiger partial charge in [0.1, 0.15) is 17.4 Å². The number of hydrogen-bond donors (Lipinski definition) is 1. The van der Waals surface area contributed by atoms with Crippen molar-refractivity contribution in [2.45, 2.75) is 13.5 Å². The van der Waals surface area contributed by atoms with Gasteiger partial charge >= 0.3 is 0 Å². The number of ether oxygens (including phenoxy) is 1. The summed E-state index contributed by atoms with van der Waals surface area (Å²) in [4.78, 5) is 15.8. The molecule has 0 aliphatic rings. The molecule has 1 heterocycles. The molecule has 0 bridgehead atoms. The highest BCUT2D eigenvalue weighted by atomic mass is 32.1. The Bertz CT molecular complexity index is 800. The monoisotopic (exact) mass is 324 g/mol. The minimum Gasteiger partial charge on any atom is -0.485 e. The van der Waals surface area contributed by atoms with Crippen molar-refractivity contribution in [3.8, 4) is 16.3 Å². The molecule has 0 saturated carbocycles. The highest BCUT2D eigenvalue weighted by Crippen LogP contribution is 2.27. The summed E-state index contributed by atoms with van der Waals surface area (Å²) in [6.45, 7) is 1.84. The molecule has 23 heavy (non-hydrogen) atoms. The predicted octanol–water partition coefficient (Wildman–Crippen LogP) is 4.35. The van der Waals surface area contributed by atoms with Crippen molar-refractivity contribution in [2.24, 2.45) is 0 Å². The fourth-order valence-corrected chi connectivity index (χ4v) is 2.93. The summed E-state index contributed by atoms with van der Waals surface area (Å²) in [5.74, 6) is 0.512. The van der Waals surface area contributed by atoms with Crippen molar-refractivity contribution >= 4 is 22.9 Å². The van der Waals surface area contributed by atoms with Gasteiger partial charge in [-0.05, 0) is 12.1 Å². The number of nitrogens with one attached hydrogen (secondary N) is 1. The molecule has 4 nitrogen and oxygen atoms in total. The highest BCUT2D eigenvalue weighted by molar-refractivity contribution is 7.13. The summed E-state index contributed by atoms with van der Waals surface area (Å²) in [7, 11) is 0. The number of amides is 1. The van der Waals surface area contributed by atoms with E-state index in [0.29, 0.717) is 18.0 Å². The van der Waals surface area contributed by atoms with Crippen molar-refractivity contribution in [3.63, 3.8) is 0 Å².